The van der Waals surface area contributed by atoms with E-state index < -0.39 is 12.3 Å². The molecule has 3 atom stereocenters. The first-order valence-corrected chi connectivity index (χ1v) is 12.6. The molecule has 2 aromatic carbocycles. The van der Waals surface area contributed by atoms with Gasteiger partial charge in [-0.3, -0.25) is 9.59 Å². The second-order valence-corrected chi connectivity index (χ2v) is 9.46. The molecule has 3 unspecified atom stereocenters. The van der Waals surface area contributed by atoms with Gasteiger partial charge in [0.1, 0.15) is 5.15 Å². The Morgan fingerprint density at radius 3 is 2.35 bits per heavy atom. The fourth-order valence-electron chi connectivity index (χ4n) is 4.07. The van der Waals surface area contributed by atoms with Crippen LogP contribution in [0.25, 0.3) is 0 Å². The molecule has 1 aliphatic rings. The van der Waals surface area contributed by atoms with Gasteiger partial charge < -0.3 is 29.6 Å². The molecule has 1 aliphatic heterocycles. The van der Waals surface area contributed by atoms with Crippen molar-refractivity contribution in [3.05, 3.63) is 81.9 Å². The highest BCUT2D eigenvalue weighted by atomic mass is 35.5. The number of hydrogen-bond acceptors (Lipinski definition) is 6. The third kappa shape index (κ3) is 7.30. The number of aliphatic hydroxyl groups is 1. The van der Waals surface area contributed by atoms with Crippen molar-refractivity contribution in [1.82, 2.24) is 9.55 Å². The van der Waals surface area contributed by atoms with E-state index in [-0.39, 0.29) is 49.1 Å². The van der Waals surface area contributed by atoms with E-state index in [0.29, 0.717) is 23.8 Å². The number of carboxylic acids is 1. The third-order valence-electron chi connectivity index (χ3n) is 6.01. The van der Waals surface area contributed by atoms with E-state index in [1.165, 1.54) is 0 Å². The number of imidazole rings is 1. The molecule has 3 aromatic rings. The summed E-state index contributed by atoms with van der Waals surface area (Å²) >= 11 is 12.3. The summed E-state index contributed by atoms with van der Waals surface area (Å²) in [7, 11) is 0. The number of rotatable bonds is 10. The van der Waals surface area contributed by atoms with Crippen LogP contribution in [0.4, 0.5) is 5.69 Å². The minimum atomic E-state index is -0.927. The van der Waals surface area contributed by atoms with E-state index in [2.05, 4.69) is 10.3 Å². The van der Waals surface area contributed by atoms with Crippen molar-refractivity contribution in [3.8, 4) is 0 Å². The van der Waals surface area contributed by atoms with Crippen LogP contribution in [0.2, 0.25) is 10.3 Å². The monoisotopic (exact) mass is 547 g/mol. The lowest BCUT2D eigenvalue weighted by Crippen LogP contribution is -2.32. The number of carbonyl (C=O) groups excluding carboxylic acids is 1. The van der Waals surface area contributed by atoms with Crippen LogP contribution in [0, 0.1) is 0 Å². The number of aliphatic hydroxyl groups excluding tert-OH is 1. The fraction of sp³-hybridized carbons (Fsp3) is 0.346. The molecule has 0 radical (unpaired) electrons. The van der Waals surface area contributed by atoms with Gasteiger partial charge >= 0.3 is 5.97 Å². The van der Waals surface area contributed by atoms with Gasteiger partial charge in [0, 0.05) is 30.5 Å². The highest BCUT2D eigenvalue weighted by Gasteiger charge is 2.33. The van der Waals surface area contributed by atoms with Crippen molar-refractivity contribution >= 4 is 40.8 Å². The minimum absolute atomic E-state index is 0.0392. The van der Waals surface area contributed by atoms with E-state index in [1.807, 2.05) is 36.4 Å². The summed E-state index contributed by atoms with van der Waals surface area (Å²) in [5.74, 6) is -1.18. The molecule has 1 saturated heterocycles. The van der Waals surface area contributed by atoms with Crippen LogP contribution < -0.4 is 5.32 Å². The number of halogens is 2. The highest BCUT2D eigenvalue weighted by Crippen LogP contribution is 2.39. The van der Waals surface area contributed by atoms with Crippen LogP contribution in [0.5, 0.6) is 0 Å². The number of nitrogens with zero attached hydrogens (tertiary/aromatic N) is 2. The first-order chi connectivity index (χ1) is 17.8. The van der Waals surface area contributed by atoms with Gasteiger partial charge in [0.15, 0.2) is 11.4 Å². The molecule has 196 valence electrons. The second kappa shape index (κ2) is 12.5. The largest absolute Gasteiger partial charge is 0.481 e. The maximum atomic E-state index is 12.1. The van der Waals surface area contributed by atoms with E-state index in [1.54, 1.807) is 23.0 Å². The molecule has 1 fully saturated rings. The van der Waals surface area contributed by atoms with Crippen molar-refractivity contribution in [2.45, 2.75) is 57.3 Å². The summed E-state index contributed by atoms with van der Waals surface area (Å²) in [6.07, 6.45) is 1.26. The molecule has 11 heteroatoms. The SMILES string of the molecule is O=C(O)CCCC(=O)Nc1ccc(C2OC(Cn3cnc(Cl)c3Cl)CC(c3ccc(CO)cc3)O2)cc1. The molecule has 1 amide bonds. The van der Waals surface area contributed by atoms with Crippen LogP contribution in [0.15, 0.2) is 54.9 Å². The lowest BCUT2D eigenvalue weighted by Gasteiger charge is -2.36. The standard InChI is InChI=1S/C26H27Cl2N3O6/c27-24-25(28)31(15-29-24)13-20-12-21(17-6-4-16(14-32)5-7-17)37-26(36-20)18-8-10-19(11-9-18)30-22(33)2-1-3-23(34)35/h4-11,15,20-21,26,32H,1-3,12-14H2,(H,30,33)(H,34,35). The molecule has 0 saturated carbocycles. The summed E-state index contributed by atoms with van der Waals surface area (Å²) in [6.45, 7) is 0.386. The molecule has 1 aromatic heterocycles. The topological polar surface area (TPSA) is 123 Å². The van der Waals surface area contributed by atoms with Crippen LogP contribution >= 0.6 is 23.2 Å². The van der Waals surface area contributed by atoms with Gasteiger partial charge in [-0.15, -0.1) is 0 Å². The Hall–Kier alpha value is -2.95. The van der Waals surface area contributed by atoms with Crippen molar-refractivity contribution < 1.29 is 29.3 Å². The second-order valence-electron chi connectivity index (χ2n) is 8.75. The van der Waals surface area contributed by atoms with Gasteiger partial charge in [-0.2, -0.15) is 0 Å². The molecule has 37 heavy (non-hydrogen) atoms. The zero-order valence-electron chi connectivity index (χ0n) is 19.8. The molecule has 0 spiro atoms. The zero-order valence-corrected chi connectivity index (χ0v) is 21.4. The van der Waals surface area contributed by atoms with Crippen molar-refractivity contribution in [2.75, 3.05) is 5.32 Å². The summed E-state index contributed by atoms with van der Waals surface area (Å²) in [6, 6.07) is 14.7. The number of nitrogens with one attached hydrogen (secondary N) is 1. The molecular formula is C26H27Cl2N3O6. The van der Waals surface area contributed by atoms with E-state index in [0.717, 1.165) is 16.7 Å². The maximum absolute atomic E-state index is 12.1. The van der Waals surface area contributed by atoms with Crippen molar-refractivity contribution in [2.24, 2.45) is 0 Å². The number of hydrogen-bond donors (Lipinski definition) is 3. The van der Waals surface area contributed by atoms with Crippen molar-refractivity contribution in [3.63, 3.8) is 0 Å². The molecule has 9 nitrogen and oxygen atoms in total. The molecule has 0 bridgehead atoms. The van der Waals surface area contributed by atoms with Gasteiger partial charge in [0.25, 0.3) is 0 Å². The Morgan fingerprint density at radius 1 is 1.03 bits per heavy atom. The smallest absolute Gasteiger partial charge is 0.303 e. The third-order valence-corrected chi connectivity index (χ3v) is 6.78. The Morgan fingerprint density at radius 2 is 1.73 bits per heavy atom. The Labute approximate surface area is 223 Å². The van der Waals surface area contributed by atoms with E-state index in [9.17, 15) is 14.7 Å². The van der Waals surface area contributed by atoms with Gasteiger partial charge in [-0.05, 0) is 29.7 Å². The molecule has 4 rings (SSSR count). The maximum Gasteiger partial charge on any atom is 0.303 e. The van der Waals surface area contributed by atoms with Crippen LogP contribution in [-0.4, -0.2) is 37.7 Å². The Kier molecular flexibility index (Phi) is 9.18. The molecule has 3 N–H and O–H groups in total. The lowest BCUT2D eigenvalue weighted by molar-refractivity contribution is -0.252. The number of benzene rings is 2. The van der Waals surface area contributed by atoms with Gasteiger partial charge in [0.2, 0.25) is 5.91 Å². The number of ether oxygens (including phenoxy) is 2. The van der Waals surface area contributed by atoms with Crippen LogP contribution in [-0.2, 0) is 32.2 Å². The Balaban J connectivity index is 1.48. The summed E-state index contributed by atoms with van der Waals surface area (Å²) in [5.41, 5.74) is 3.12. The van der Waals surface area contributed by atoms with Crippen LogP contribution in [0.1, 0.15) is 54.8 Å². The van der Waals surface area contributed by atoms with Crippen molar-refractivity contribution in [1.29, 1.82) is 0 Å². The number of carboxylic acid groups (broad SMARTS) is 1. The number of carbonyl (C=O) groups is 2. The molecule has 2 heterocycles. The summed E-state index contributed by atoms with van der Waals surface area (Å²) < 4.78 is 14.3. The highest BCUT2D eigenvalue weighted by molar-refractivity contribution is 6.40. The van der Waals surface area contributed by atoms with E-state index >= 15 is 0 Å². The first kappa shape index (κ1) is 27.1. The molecule has 0 aliphatic carbocycles. The first-order valence-electron chi connectivity index (χ1n) is 11.8. The summed E-state index contributed by atoms with van der Waals surface area (Å²) in [5, 5.41) is 21.4. The number of aromatic nitrogens is 2. The quantitative estimate of drug-likeness (QED) is 0.321. The number of aliphatic carboxylic acids is 1. The fourth-order valence-corrected chi connectivity index (χ4v) is 4.38. The average Bonchev–Trinajstić information content (AvgIpc) is 3.21. The zero-order chi connectivity index (χ0) is 26.4. The lowest BCUT2D eigenvalue weighted by atomic mass is 10.00. The number of amides is 1. The van der Waals surface area contributed by atoms with Gasteiger partial charge in [0.05, 0.1) is 31.7 Å². The van der Waals surface area contributed by atoms with Gasteiger partial charge in [-0.1, -0.05) is 59.6 Å². The van der Waals surface area contributed by atoms with E-state index in [4.69, 9.17) is 37.8 Å². The predicted octanol–water partition coefficient (Wildman–Crippen LogP) is 5.12. The Bertz CT molecular complexity index is 1220. The number of anilines is 1. The predicted molar refractivity (Wildman–Crippen MR) is 137 cm³/mol. The van der Waals surface area contributed by atoms with Crippen LogP contribution in [0.3, 0.4) is 0 Å². The van der Waals surface area contributed by atoms with Gasteiger partial charge in [-0.25, -0.2) is 4.98 Å². The average molecular weight is 548 g/mol. The minimum Gasteiger partial charge on any atom is -0.481 e. The molecular weight excluding hydrogens is 521 g/mol. The normalized spacial score (nSPS) is 19.5. The summed E-state index contributed by atoms with van der Waals surface area (Å²) in [4.78, 5) is 26.7.